The van der Waals surface area contributed by atoms with Crippen molar-refractivity contribution in [1.82, 2.24) is 15.0 Å². The van der Waals surface area contributed by atoms with Gasteiger partial charge in [-0.3, -0.25) is 10.1 Å². The minimum atomic E-state index is -0.449. The van der Waals surface area contributed by atoms with Crippen molar-refractivity contribution in [3.8, 4) is 5.69 Å². The van der Waals surface area contributed by atoms with E-state index in [1.807, 2.05) is 0 Å². The lowest BCUT2D eigenvalue weighted by Crippen LogP contribution is -2.02. The van der Waals surface area contributed by atoms with Gasteiger partial charge in [-0.1, -0.05) is 5.21 Å². The molecular weight excluding hydrogens is 323 g/mol. The quantitative estimate of drug-likeness (QED) is 0.492. The molecule has 0 bridgehead atoms. The van der Waals surface area contributed by atoms with Crippen LogP contribution in [-0.4, -0.2) is 19.9 Å². The van der Waals surface area contributed by atoms with Crippen LogP contribution in [0.4, 0.5) is 5.69 Å². The largest absolute Gasteiger partial charge is 0.296 e. The first-order valence-electron chi connectivity index (χ1n) is 4.95. The first-order valence-corrected chi connectivity index (χ1v) is 6.27. The molecule has 0 N–H and O–H groups in total. The summed E-state index contributed by atoms with van der Waals surface area (Å²) in [5.74, 6) is 0.206. The number of halogens is 2. The molecule has 2 aromatic rings. The Kier molecular flexibility index (Phi) is 3.63. The van der Waals surface area contributed by atoms with Crippen LogP contribution in [0.1, 0.15) is 11.3 Å². The van der Waals surface area contributed by atoms with Crippen LogP contribution < -0.4 is 0 Å². The zero-order chi connectivity index (χ0) is 13.3. The summed E-state index contributed by atoms with van der Waals surface area (Å²) in [5.41, 5.74) is 1.65. The number of aromatic nitrogens is 3. The van der Waals surface area contributed by atoms with Crippen LogP contribution in [0.5, 0.6) is 0 Å². The van der Waals surface area contributed by atoms with Crippen LogP contribution in [0.2, 0.25) is 0 Å². The standard InChI is InChI=1S/C10H8BrClN4O2/c1-6-2-8(11)10(9(3-6)16(17)18)15-5-7(4-12)13-14-15/h2-3,5H,4H2,1H3. The van der Waals surface area contributed by atoms with Crippen LogP contribution in [0.3, 0.4) is 0 Å². The first kappa shape index (κ1) is 13.0. The van der Waals surface area contributed by atoms with E-state index in [0.29, 0.717) is 15.9 Å². The maximum Gasteiger partial charge on any atom is 0.296 e. The second kappa shape index (κ2) is 5.03. The fourth-order valence-electron chi connectivity index (χ4n) is 1.55. The SMILES string of the molecule is Cc1cc(Br)c(-n2cc(CCl)nn2)c([N+](=O)[O-])c1. The van der Waals surface area contributed by atoms with E-state index in [4.69, 9.17) is 11.6 Å². The summed E-state index contributed by atoms with van der Waals surface area (Å²) in [6, 6.07) is 3.27. The van der Waals surface area contributed by atoms with Gasteiger partial charge in [0.1, 0.15) is 0 Å². The number of rotatable bonds is 3. The molecule has 1 aromatic carbocycles. The molecule has 0 saturated heterocycles. The summed E-state index contributed by atoms with van der Waals surface area (Å²) in [6.07, 6.45) is 1.56. The van der Waals surface area contributed by atoms with Crippen LogP contribution >= 0.6 is 27.5 Å². The van der Waals surface area contributed by atoms with Gasteiger partial charge in [-0.25, -0.2) is 4.68 Å². The highest BCUT2D eigenvalue weighted by molar-refractivity contribution is 9.10. The molecule has 0 fully saturated rings. The van der Waals surface area contributed by atoms with Crippen molar-refractivity contribution in [3.05, 3.63) is 44.2 Å². The molecule has 18 heavy (non-hydrogen) atoms. The van der Waals surface area contributed by atoms with Crippen molar-refractivity contribution in [3.63, 3.8) is 0 Å². The van der Waals surface area contributed by atoms with E-state index in [2.05, 4.69) is 26.2 Å². The number of benzene rings is 1. The molecule has 0 saturated carbocycles. The summed E-state index contributed by atoms with van der Waals surface area (Å²) in [6.45, 7) is 1.78. The molecule has 1 aromatic heterocycles. The van der Waals surface area contributed by atoms with Gasteiger partial charge >= 0.3 is 0 Å². The monoisotopic (exact) mass is 330 g/mol. The Morgan fingerprint density at radius 3 is 2.83 bits per heavy atom. The zero-order valence-corrected chi connectivity index (χ0v) is 11.6. The lowest BCUT2D eigenvalue weighted by atomic mass is 10.2. The molecule has 6 nitrogen and oxygen atoms in total. The van der Waals surface area contributed by atoms with Crippen LogP contribution in [-0.2, 0) is 5.88 Å². The topological polar surface area (TPSA) is 73.8 Å². The summed E-state index contributed by atoms with van der Waals surface area (Å²) >= 11 is 8.94. The van der Waals surface area contributed by atoms with E-state index in [-0.39, 0.29) is 11.6 Å². The molecule has 0 radical (unpaired) electrons. The summed E-state index contributed by atoms with van der Waals surface area (Å²) in [5, 5.41) is 18.7. The Labute approximate surface area is 116 Å². The minimum absolute atomic E-state index is 0.0344. The van der Waals surface area contributed by atoms with Gasteiger partial charge in [0.15, 0.2) is 5.69 Å². The summed E-state index contributed by atoms with van der Waals surface area (Å²) in [7, 11) is 0. The average Bonchev–Trinajstić information content (AvgIpc) is 2.76. The summed E-state index contributed by atoms with van der Waals surface area (Å²) in [4.78, 5) is 10.6. The van der Waals surface area contributed by atoms with Gasteiger partial charge in [0.05, 0.1) is 27.2 Å². The third-order valence-electron chi connectivity index (χ3n) is 2.29. The normalized spacial score (nSPS) is 10.6. The van der Waals surface area contributed by atoms with E-state index in [1.165, 1.54) is 10.7 Å². The first-order chi connectivity index (χ1) is 8.52. The average molecular weight is 332 g/mol. The molecule has 0 amide bonds. The van der Waals surface area contributed by atoms with Crippen molar-refractivity contribution < 1.29 is 4.92 Å². The van der Waals surface area contributed by atoms with E-state index in [1.54, 1.807) is 19.2 Å². The molecule has 0 atom stereocenters. The number of nitrogens with zero attached hydrogens (tertiary/aromatic N) is 4. The number of hydrogen-bond acceptors (Lipinski definition) is 4. The second-order valence-corrected chi connectivity index (χ2v) is 4.78. The summed E-state index contributed by atoms with van der Waals surface area (Å²) < 4.78 is 1.93. The van der Waals surface area contributed by atoms with Gasteiger partial charge in [-0.05, 0) is 34.5 Å². The Balaban J connectivity index is 2.65. The molecule has 1 heterocycles. The maximum absolute atomic E-state index is 11.1. The third-order valence-corrected chi connectivity index (χ3v) is 3.17. The van der Waals surface area contributed by atoms with Gasteiger partial charge in [0, 0.05) is 6.07 Å². The molecule has 0 aliphatic carbocycles. The smallest absolute Gasteiger partial charge is 0.258 e. The predicted octanol–water partition coefficient (Wildman–Crippen LogP) is 2.99. The minimum Gasteiger partial charge on any atom is -0.258 e. The number of aryl methyl sites for hydroxylation is 1. The number of hydrogen-bond donors (Lipinski definition) is 0. The molecule has 2 rings (SSSR count). The van der Waals surface area contributed by atoms with Crippen molar-refractivity contribution in [2.24, 2.45) is 0 Å². The predicted molar refractivity (Wildman–Crippen MR) is 70.0 cm³/mol. The number of nitro groups is 1. The number of alkyl halides is 1. The van der Waals surface area contributed by atoms with Crippen molar-refractivity contribution in [1.29, 1.82) is 0 Å². The highest BCUT2D eigenvalue weighted by Crippen LogP contribution is 2.31. The van der Waals surface area contributed by atoms with Gasteiger partial charge < -0.3 is 0 Å². The van der Waals surface area contributed by atoms with Crippen molar-refractivity contribution in [2.45, 2.75) is 12.8 Å². The van der Waals surface area contributed by atoms with Crippen LogP contribution in [0.25, 0.3) is 5.69 Å². The van der Waals surface area contributed by atoms with Crippen LogP contribution in [0, 0.1) is 17.0 Å². The van der Waals surface area contributed by atoms with E-state index < -0.39 is 4.92 Å². The number of nitro benzene ring substituents is 1. The molecule has 94 valence electrons. The molecular formula is C10H8BrClN4O2. The second-order valence-electron chi connectivity index (χ2n) is 3.66. The maximum atomic E-state index is 11.1. The van der Waals surface area contributed by atoms with Crippen molar-refractivity contribution >= 4 is 33.2 Å². The van der Waals surface area contributed by atoms with Gasteiger partial charge in [-0.15, -0.1) is 16.7 Å². The lowest BCUT2D eigenvalue weighted by Gasteiger charge is -2.06. The van der Waals surface area contributed by atoms with Gasteiger partial charge in [0.2, 0.25) is 0 Å². The Morgan fingerprint density at radius 2 is 2.28 bits per heavy atom. The van der Waals surface area contributed by atoms with E-state index in [9.17, 15) is 10.1 Å². The van der Waals surface area contributed by atoms with E-state index in [0.717, 1.165) is 5.56 Å². The van der Waals surface area contributed by atoms with Gasteiger partial charge in [0.25, 0.3) is 5.69 Å². The zero-order valence-electron chi connectivity index (χ0n) is 9.30. The fourth-order valence-corrected chi connectivity index (χ4v) is 2.42. The molecule has 0 unspecified atom stereocenters. The third kappa shape index (κ3) is 2.37. The fraction of sp³-hybridized carbons (Fsp3) is 0.200. The Hall–Kier alpha value is -1.47. The van der Waals surface area contributed by atoms with Crippen LogP contribution in [0.15, 0.2) is 22.8 Å². The lowest BCUT2D eigenvalue weighted by molar-refractivity contribution is -0.384. The molecule has 8 heteroatoms. The Morgan fingerprint density at radius 1 is 1.56 bits per heavy atom. The molecule has 0 aliphatic heterocycles. The van der Waals surface area contributed by atoms with Gasteiger partial charge in [-0.2, -0.15) is 0 Å². The highest BCUT2D eigenvalue weighted by atomic mass is 79.9. The molecule has 0 aliphatic rings. The Bertz CT molecular complexity index is 614. The highest BCUT2D eigenvalue weighted by Gasteiger charge is 2.20. The molecule has 0 spiro atoms. The van der Waals surface area contributed by atoms with E-state index >= 15 is 0 Å². The van der Waals surface area contributed by atoms with Crippen molar-refractivity contribution in [2.75, 3.05) is 0 Å².